The van der Waals surface area contributed by atoms with Crippen LogP contribution in [0.4, 0.5) is 11.4 Å². The van der Waals surface area contributed by atoms with Gasteiger partial charge in [-0.3, -0.25) is 15.0 Å². The summed E-state index contributed by atoms with van der Waals surface area (Å²) in [7, 11) is 1.61. The Morgan fingerprint density at radius 1 is 1.20 bits per heavy atom. The molecule has 0 saturated carbocycles. The minimum atomic E-state index is -0.866. The lowest BCUT2D eigenvalue weighted by molar-refractivity contribution is -0.384. The standard InChI is InChI=1S/C19H18N2O4/c1-18(2)15-6-4-5-7-16(15)20(24-3)19(18)11-10-13-12-14(21(22)23)8-9-17(13)25-19/h4-12H,1-3H3. The topological polar surface area (TPSA) is 64.8 Å². The Labute approximate surface area is 145 Å². The molecule has 2 aliphatic heterocycles. The number of anilines is 1. The number of benzene rings is 2. The maximum Gasteiger partial charge on any atom is 0.270 e. The van der Waals surface area contributed by atoms with Gasteiger partial charge in [0.05, 0.1) is 23.1 Å². The second kappa shape index (κ2) is 5.07. The third kappa shape index (κ3) is 1.94. The van der Waals surface area contributed by atoms with E-state index in [9.17, 15) is 10.1 Å². The van der Waals surface area contributed by atoms with E-state index in [2.05, 4.69) is 19.9 Å². The molecule has 4 rings (SSSR count). The first-order valence-electron chi connectivity index (χ1n) is 8.01. The van der Waals surface area contributed by atoms with Crippen molar-refractivity contribution in [3.63, 3.8) is 0 Å². The molecule has 25 heavy (non-hydrogen) atoms. The number of non-ortho nitro benzene ring substituents is 1. The summed E-state index contributed by atoms with van der Waals surface area (Å²) in [4.78, 5) is 16.3. The summed E-state index contributed by atoms with van der Waals surface area (Å²) in [5, 5.41) is 12.8. The van der Waals surface area contributed by atoms with Crippen molar-refractivity contribution in [2.24, 2.45) is 0 Å². The number of rotatable bonds is 2. The van der Waals surface area contributed by atoms with E-state index >= 15 is 0 Å². The minimum absolute atomic E-state index is 0.0421. The van der Waals surface area contributed by atoms with Crippen molar-refractivity contribution in [3.05, 3.63) is 69.8 Å². The average Bonchev–Trinajstić information content (AvgIpc) is 2.78. The molecular formula is C19H18N2O4. The SMILES string of the molecule is CON1c2ccccc2C(C)(C)C12C=Cc1cc([N+](=O)[O-])ccc1O2. The zero-order valence-corrected chi connectivity index (χ0v) is 14.2. The number of hydroxylamine groups is 1. The van der Waals surface area contributed by atoms with Crippen molar-refractivity contribution in [2.75, 3.05) is 12.2 Å². The first-order valence-corrected chi connectivity index (χ1v) is 8.01. The summed E-state index contributed by atoms with van der Waals surface area (Å²) in [5.74, 6) is 0.594. The van der Waals surface area contributed by atoms with E-state index < -0.39 is 16.1 Å². The molecule has 128 valence electrons. The van der Waals surface area contributed by atoms with Crippen LogP contribution in [0.25, 0.3) is 6.08 Å². The van der Waals surface area contributed by atoms with E-state index in [0.717, 1.165) is 11.3 Å². The highest BCUT2D eigenvalue weighted by atomic mass is 16.7. The summed E-state index contributed by atoms with van der Waals surface area (Å²) < 4.78 is 6.41. The molecular weight excluding hydrogens is 320 g/mol. The van der Waals surface area contributed by atoms with Crippen LogP contribution in [0.2, 0.25) is 0 Å². The molecule has 0 aromatic heterocycles. The maximum absolute atomic E-state index is 11.0. The number of nitrogens with zero attached hydrogens (tertiary/aromatic N) is 2. The van der Waals surface area contributed by atoms with Crippen molar-refractivity contribution < 1.29 is 14.5 Å². The Morgan fingerprint density at radius 3 is 2.68 bits per heavy atom. The predicted octanol–water partition coefficient (Wildman–Crippen LogP) is 4.06. The van der Waals surface area contributed by atoms with Crippen molar-refractivity contribution >= 4 is 17.5 Å². The molecule has 0 aliphatic carbocycles. The average molecular weight is 338 g/mol. The second-order valence-electron chi connectivity index (χ2n) is 6.73. The van der Waals surface area contributed by atoms with Crippen LogP contribution < -0.4 is 9.80 Å². The highest BCUT2D eigenvalue weighted by Crippen LogP contribution is 2.54. The summed E-state index contributed by atoms with van der Waals surface area (Å²) in [5.41, 5.74) is 1.53. The lowest BCUT2D eigenvalue weighted by atomic mass is 9.76. The molecule has 0 amide bonds. The molecule has 1 unspecified atom stereocenters. The highest BCUT2D eigenvalue weighted by Gasteiger charge is 2.59. The molecule has 0 N–H and O–H groups in total. The van der Waals surface area contributed by atoms with Crippen molar-refractivity contribution in [1.29, 1.82) is 0 Å². The van der Waals surface area contributed by atoms with Gasteiger partial charge >= 0.3 is 0 Å². The normalized spacial score (nSPS) is 22.4. The third-order valence-electron chi connectivity index (χ3n) is 5.13. The van der Waals surface area contributed by atoms with E-state index in [1.165, 1.54) is 12.1 Å². The Bertz CT molecular complexity index is 906. The van der Waals surface area contributed by atoms with Crippen LogP contribution >= 0.6 is 0 Å². The summed E-state index contributed by atoms with van der Waals surface area (Å²) in [6, 6.07) is 12.6. The lowest BCUT2D eigenvalue weighted by Crippen LogP contribution is -2.59. The Kier molecular flexibility index (Phi) is 3.17. The zero-order valence-electron chi connectivity index (χ0n) is 14.2. The number of para-hydroxylation sites is 1. The largest absolute Gasteiger partial charge is 0.461 e. The number of fused-ring (bicyclic) bond motifs is 2. The molecule has 0 saturated heterocycles. The van der Waals surface area contributed by atoms with Crippen molar-refractivity contribution in [3.8, 4) is 5.75 Å². The van der Waals surface area contributed by atoms with Crippen LogP contribution in [0.3, 0.4) is 0 Å². The van der Waals surface area contributed by atoms with E-state index in [1.54, 1.807) is 18.2 Å². The fourth-order valence-corrected chi connectivity index (χ4v) is 3.76. The fourth-order valence-electron chi connectivity index (χ4n) is 3.76. The van der Waals surface area contributed by atoms with Crippen LogP contribution in [0.5, 0.6) is 5.75 Å². The van der Waals surface area contributed by atoms with E-state index in [1.807, 2.05) is 30.4 Å². The second-order valence-corrected chi connectivity index (χ2v) is 6.73. The minimum Gasteiger partial charge on any atom is -0.461 e. The van der Waals surface area contributed by atoms with Gasteiger partial charge in [0.2, 0.25) is 5.72 Å². The van der Waals surface area contributed by atoms with Gasteiger partial charge in [0.15, 0.2) is 0 Å². The van der Waals surface area contributed by atoms with E-state index in [0.29, 0.717) is 11.3 Å². The molecule has 1 spiro atoms. The zero-order chi connectivity index (χ0) is 17.8. The van der Waals surface area contributed by atoms with Gasteiger partial charge in [-0.15, -0.1) is 0 Å². The first-order chi connectivity index (χ1) is 11.9. The molecule has 0 bridgehead atoms. The van der Waals surface area contributed by atoms with Gasteiger partial charge in [-0.1, -0.05) is 18.2 Å². The third-order valence-corrected chi connectivity index (χ3v) is 5.13. The van der Waals surface area contributed by atoms with Gasteiger partial charge in [0, 0.05) is 17.7 Å². The lowest BCUT2D eigenvalue weighted by Gasteiger charge is -2.45. The summed E-state index contributed by atoms with van der Waals surface area (Å²) in [6.45, 7) is 4.21. The molecule has 0 radical (unpaired) electrons. The smallest absolute Gasteiger partial charge is 0.270 e. The van der Waals surface area contributed by atoms with Gasteiger partial charge in [0.1, 0.15) is 5.75 Å². The Hall–Kier alpha value is -2.86. The molecule has 2 aromatic rings. The maximum atomic E-state index is 11.0. The Balaban J connectivity index is 1.86. The number of nitro groups is 1. The van der Waals surface area contributed by atoms with Gasteiger partial charge in [-0.2, -0.15) is 0 Å². The quantitative estimate of drug-likeness (QED) is 0.610. The number of nitro benzene ring substituents is 1. The van der Waals surface area contributed by atoms with Gasteiger partial charge in [-0.05, 0) is 43.7 Å². The van der Waals surface area contributed by atoms with Crippen LogP contribution in [0.15, 0.2) is 48.5 Å². The Morgan fingerprint density at radius 2 is 1.96 bits per heavy atom. The number of hydrogen-bond acceptors (Lipinski definition) is 5. The molecule has 6 nitrogen and oxygen atoms in total. The van der Waals surface area contributed by atoms with Crippen LogP contribution in [-0.4, -0.2) is 17.8 Å². The number of ether oxygens (including phenoxy) is 1. The van der Waals surface area contributed by atoms with Gasteiger partial charge < -0.3 is 4.74 Å². The first kappa shape index (κ1) is 15.7. The molecule has 2 aliphatic rings. The molecule has 6 heteroatoms. The molecule has 2 aromatic carbocycles. The summed E-state index contributed by atoms with van der Waals surface area (Å²) >= 11 is 0. The van der Waals surface area contributed by atoms with Gasteiger partial charge in [-0.25, -0.2) is 5.06 Å². The molecule has 0 fully saturated rings. The van der Waals surface area contributed by atoms with Crippen LogP contribution in [-0.2, 0) is 10.3 Å². The van der Waals surface area contributed by atoms with Crippen molar-refractivity contribution in [1.82, 2.24) is 0 Å². The molecule has 1 atom stereocenters. The van der Waals surface area contributed by atoms with Crippen LogP contribution in [0.1, 0.15) is 25.0 Å². The monoisotopic (exact) mass is 338 g/mol. The predicted molar refractivity (Wildman–Crippen MR) is 94.4 cm³/mol. The number of hydrogen-bond donors (Lipinski definition) is 0. The van der Waals surface area contributed by atoms with E-state index in [-0.39, 0.29) is 5.69 Å². The van der Waals surface area contributed by atoms with Crippen molar-refractivity contribution in [2.45, 2.75) is 25.0 Å². The molecule has 2 heterocycles. The van der Waals surface area contributed by atoms with E-state index in [4.69, 9.17) is 9.57 Å². The van der Waals surface area contributed by atoms with Gasteiger partial charge in [0.25, 0.3) is 5.69 Å². The van der Waals surface area contributed by atoms with Crippen LogP contribution in [0, 0.1) is 10.1 Å². The fraction of sp³-hybridized carbons (Fsp3) is 0.263. The summed E-state index contributed by atoms with van der Waals surface area (Å²) in [6.07, 6.45) is 3.79. The highest BCUT2D eigenvalue weighted by molar-refractivity contribution is 5.71.